The molecule has 2 N–H and O–H groups in total. The average Bonchev–Trinajstić information content (AvgIpc) is 2.00. The third-order valence-corrected chi connectivity index (χ3v) is 1.23. The SMILES string of the molecule is [3H]C#CC[C@@H](O)[C@@H](C)CO[3H]. The van der Waals surface area contributed by atoms with Crippen LogP contribution in [0.1, 0.15) is 14.7 Å². The van der Waals surface area contributed by atoms with Gasteiger partial charge in [-0.15, -0.1) is 12.3 Å². The fraction of sp³-hybridized carbons (Fsp3) is 0.714. The van der Waals surface area contributed by atoms with E-state index >= 15 is 0 Å². The lowest BCUT2D eigenvalue weighted by atomic mass is 10.0. The van der Waals surface area contributed by atoms with Crippen molar-refractivity contribution in [2.24, 2.45) is 5.92 Å². The van der Waals surface area contributed by atoms with E-state index in [0.29, 0.717) is 0 Å². The molecule has 0 bridgehead atoms. The molecule has 0 aliphatic heterocycles. The molecule has 0 aliphatic carbocycles. The Balaban J connectivity index is 3.59. The van der Waals surface area contributed by atoms with Gasteiger partial charge < -0.3 is 10.2 Å². The normalized spacial score (nSPS) is 18.4. The summed E-state index contributed by atoms with van der Waals surface area (Å²) < 4.78 is 12.9. The number of hydrogen-bond donors (Lipinski definition) is 2. The summed E-state index contributed by atoms with van der Waals surface area (Å²) in [6.07, 6.45) is 1.62. The molecule has 2 heteroatoms. The van der Waals surface area contributed by atoms with E-state index in [-0.39, 0.29) is 18.9 Å². The molecule has 0 radical (unpaired) electrons. The summed E-state index contributed by atoms with van der Waals surface area (Å²) in [5.74, 6) is 2.33. The van der Waals surface area contributed by atoms with Crippen LogP contribution < -0.4 is 0 Å². The van der Waals surface area contributed by atoms with Crippen molar-refractivity contribution in [1.29, 1.82) is 1.43 Å². The maximum atomic E-state index is 9.23. The van der Waals surface area contributed by atoms with Crippen LogP contribution >= 0.6 is 0 Å². The second kappa shape index (κ2) is 4.37. The highest BCUT2D eigenvalue weighted by molar-refractivity contribution is 4.88. The minimum absolute atomic E-state index is 0.103. The fourth-order valence-electron chi connectivity index (χ4n) is 0.417. The quantitative estimate of drug-likeness (QED) is 0.528. The molecule has 0 rings (SSSR count). The second-order valence-electron chi connectivity index (χ2n) is 2.09. The third-order valence-electron chi connectivity index (χ3n) is 1.23. The van der Waals surface area contributed by atoms with Crippen LogP contribution in [0.15, 0.2) is 0 Å². The zero-order valence-electron chi connectivity index (χ0n) is 7.42. The van der Waals surface area contributed by atoms with Crippen molar-refractivity contribution in [3.63, 3.8) is 0 Å². The van der Waals surface area contributed by atoms with E-state index in [4.69, 9.17) is 2.80 Å². The molecule has 0 saturated carbocycles. The smallest absolute Gasteiger partial charge is 0.210 e. The van der Waals surface area contributed by atoms with Gasteiger partial charge in [0.2, 0.25) is 1.43 Å². The minimum Gasteiger partial charge on any atom is -0.396 e. The van der Waals surface area contributed by atoms with Crippen LogP contribution in [0.2, 0.25) is 0 Å². The maximum Gasteiger partial charge on any atom is 0.210 e. The molecule has 0 spiro atoms. The van der Waals surface area contributed by atoms with E-state index < -0.39 is 6.10 Å². The zero-order valence-corrected chi connectivity index (χ0v) is 5.42. The molecule has 9 heavy (non-hydrogen) atoms. The molecule has 0 aromatic heterocycles. The highest BCUT2D eigenvalue weighted by Gasteiger charge is 2.10. The van der Waals surface area contributed by atoms with Gasteiger partial charge >= 0.3 is 0 Å². The summed E-state index contributed by atoms with van der Waals surface area (Å²) >= 11 is 0. The standard InChI is InChI=1S/C7H12O2/c1-3-4-7(9)6(2)5-8/h1,6-9H,4-5H2,2H3/t6-,7+/m0/s1/i1T,8T. The molecular weight excluding hydrogens is 116 g/mol. The highest BCUT2D eigenvalue weighted by atomic mass is 16.3. The predicted molar refractivity (Wildman–Crippen MR) is 35.7 cm³/mol. The fourth-order valence-corrected chi connectivity index (χ4v) is 0.417. The molecule has 0 saturated heterocycles. The van der Waals surface area contributed by atoms with Gasteiger partial charge in [0.05, 0.1) is 6.10 Å². The van der Waals surface area contributed by atoms with Crippen LogP contribution in [0.4, 0.5) is 0 Å². The average molecular weight is 132 g/mol. The van der Waals surface area contributed by atoms with E-state index in [0.717, 1.165) is 0 Å². The first-order valence-electron chi connectivity index (χ1n) is 3.79. The van der Waals surface area contributed by atoms with Gasteiger partial charge in [-0.25, -0.2) is 0 Å². The molecule has 0 aliphatic rings. The van der Waals surface area contributed by atoms with Crippen molar-refractivity contribution in [1.82, 2.24) is 0 Å². The molecule has 52 valence electrons. The van der Waals surface area contributed by atoms with Gasteiger partial charge in [0, 0.05) is 18.9 Å². The molecule has 0 aromatic carbocycles. The van der Waals surface area contributed by atoms with Crippen molar-refractivity contribution in [2.45, 2.75) is 19.4 Å². The van der Waals surface area contributed by atoms with Crippen LogP contribution in [0.5, 0.6) is 0 Å². The number of hydrogen-bond acceptors (Lipinski definition) is 2. The first-order valence-corrected chi connectivity index (χ1v) is 2.88. The predicted octanol–water partition coefficient (Wildman–Crippen LogP) is -0.00100. The van der Waals surface area contributed by atoms with Crippen LogP contribution in [0.3, 0.4) is 0 Å². The largest absolute Gasteiger partial charge is 0.396 e. The summed E-state index contributed by atoms with van der Waals surface area (Å²) in [6, 6.07) is 0. The number of terminal acetylenes is 1. The molecule has 0 heterocycles. The Hall–Kier alpha value is -0.520. The Bertz CT molecular complexity index is 150. The third kappa shape index (κ3) is 3.12. The van der Waals surface area contributed by atoms with Crippen LogP contribution in [0, 0.1) is 18.2 Å². The van der Waals surface area contributed by atoms with Gasteiger partial charge in [0.1, 0.15) is 1.37 Å². The van der Waals surface area contributed by atoms with Crippen molar-refractivity contribution >= 4 is 0 Å². The Morgan fingerprint density at radius 2 is 2.78 bits per heavy atom. The highest BCUT2D eigenvalue weighted by Crippen LogP contribution is 2.03. The summed E-state index contributed by atoms with van der Waals surface area (Å²) in [7, 11) is 0. The van der Waals surface area contributed by atoms with E-state index in [9.17, 15) is 5.11 Å². The van der Waals surface area contributed by atoms with E-state index in [2.05, 4.69) is 11.0 Å². The first kappa shape index (κ1) is 5.28. The summed E-state index contributed by atoms with van der Waals surface area (Å²) in [5.41, 5.74) is 0. The summed E-state index contributed by atoms with van der Waals surface area (Å²) in [6.45, 7) is 1.96. The minimum atomic E-state index is -0.599. The molecule has 2 atom stereocenters. The maximum absolute atomic E-state index is 9.23. The Labute approximate surface area is 58.4 Å². The van der Waals surface area contributed by atoms with Gasteiger partial charge in [-0.05, 0) is 0 Å². The lowest BCUT2D eigenvalue weighted by molar-refractivity contribution is 0.0811. The Morgan fingerprint density at radius 1 is 2.00 bits per heavy atom. The monoisotopic (exact) mass is 132 g/mol. The van der Waals surface area contributed by atoms with E-state index in [1.54, 1.807) is 6.92 Å². The van der Waals surface area contributed by atoms with Crippen LogP contribution in [-0.4, -0.2) is 24.4 Å². The van der Waals surface area contributed by atoms with Gasteiger partial charge in [0.15, 0.2) is 0 Å². The van der Waals surface area contributed by atoms with Crippen molar-refractivity contribution in [2.75, 3.05) is 6.61 Å². The molecule has 0 unspecified atom stereocenters. The Morgan fingerprint density at radius 3 is 3.33 bits per heavy atom. The topological polar surface area (TPSA) is 40.5 Å². The summed E-state index contributed by atoms with van der Waals surface area (Å²) in [5, 5.41) is 13.3. The molecular formula is C7H12O2. The van der Waals surface area contributed by atoms with Gasteiger partial charge in [0.25, 0.3) is 0 Å². The Kier molecular flexibility index (Phi) is 2.56. The van der Waals surface area contributed by atoms with Crippen LogP contribution in [0.25, 0.3) is 0 Å². The second-order valence-corrected chi connectivity index (χ2v) is 2.09. The van der Waals surface area contributed by atoms with E-state index in [1.165, 1.54) is 0 Å². The number of rotatable bonds is 4. The molecule has 2 nitrogen and oxygen atoms in total. The molecule has 0 amide bonds. The van der Waals surface area contributed by atoms with Gasteiger partial charge in [-0.3, -0.25) is 0 Å². The van der Waals surface area contributed by atoms with Gasteiger partial charge in [-0.2, -0.15) is 0 Å². The van der Waals surface area contributed by atoms with Crippen molar-refractivity contribution < 1.29 is 11.6 Å². The number of aliphatic hydroxyl groups is 2. The lowest BCUT2D eigenvalue weighted by Gasteiger charge is -2.12. The zero-order chi connectivity index (χ0) is 8.69. The number of aliphatic hydroxyl groups excluding tert-OH is 2. The van der Waals surface area contributed by atoms with Crippen molar-refractivity contribution in [3.8, 4) is 12.3 Å². The van der Waals surface area contributed by atoms with E-state index in [1.807, 2.05) is 6.40 Å². The molecule has 0 fully saturated rings. The van der Waals surface area contributed by atoms with Crippen LogP contribution in [-0.2, 0) is 0 Å². The first-order chi connectivity index (χ1) is 5.22. The summed E-state index contributed by atoms with van der Waals surface area (Å²) in [4.78, 5) is 0. The van der Waals surface area contributed by atoms with Gasteiger partial charge in [-0.1, -0.05) is 6.92 Å². The lowest BCUT2D eigenvalue weighted by Crippen LogP contribution is -2.19. The van der Waals surface area contributed by atoms with Crippen molar-refractivity contribution in [3.05, 3.63) is 0 Å². The molecule has 0 aromatic rings.